The van der Waals surface area contributed by atoms with Crippen molar-refractivity contribution in [1.82, 2.24) is 10.6 Å². The van der Waals surface area contributed by atoms with Crippen LogP contribution in [0.5, 0.6) is 5.75 Å². The SMILES string of the molecule is CC(C)CCN(CCCNC(=O)C(CC(C)C)NC(C)C)c1ccc(OCc2ccccc2)cc1. The predicted molar refractivity (Wildman–Crippen MR) is 148 cm³/mol. The molecule has 0 aliphatic rings. The number of carbonyl (C=O) groups is 1. The van der Waals surface area contributed by atoms with Gasteiger partial charge in [0.05, 0.1) is 6.04 Å². The molecule has 35 heavy (non-hydrogen) atoms. The van der Waals surface area contributed by atoms with Gasteiger partial charge in [-0.05, 0) is 60.9 Å². The second-order valence-electron chi connectivity index (χ2n) is 10.6. The van der Waals surface area contributed by atoms with Gasteiger partial charge in [-0.3, -0.25) is 4.79 Å². The van der Waals surface area contributed by atoms with E-state index in [0.29, 0.717) is 25.0 Å². The molecule has 0 aliphatic heterocycles. The summed E-state index contributed by atoms with van der Waals surface area (Å²) < 4.78 is 5.96. The number of carbonyl (C=O) groups excluding carboxylic acids is 1. The maximum absolute atomic E-state index is 12.7. The van der Waals surface area contributed by atoms with Crippen LogP contribution in [-0.4, -0.2) is 37.6 Å². The van der Waals surface area contributed by atoms with Crippen molar-refractivity contribution in [3.63, 3.8) is 0 Å². The summed E-state index contributed by atoms with van der Waals surface area (Å²) in [6.07, 6.45) is 2.89. The molecule has 0 saturated carbocycles. The van der Waals surface area contributed by atoms with E-state index in [1.165, 1.54) is 5.69 Å². The predicted octanol–water partition coefficient (Wildman–Crippen LogP) is 6.04. The van der Waals surface area contributed by atoms with Crippen LogP contribution in [0.25, 0.3) is 0 Å². The summed E-state index contributed by atoms with van der Waals surface area (Å²) in [5, 5.41) is 6.57. The van der Waals surface area contributed by atoms with Crippen LogP contribution in [0.1, 0.15) is 66.4 Å². The Balaban J connectivity index is 1.89. The third-order valence-electron chi connectivity index (χ3n) is 5.89. The highest BCUT2D eigenvalue weighted by atomic mass is 16.5. The van der Waals surface area contributed by atoms with Gasteiger partial charge in [0.1, 0.15) is 12.4 Å². The Kier molecular flexibility index (Phi) is 12.7. The van der Waals surface area contributed by atoms with Gasteiger partial charge in [-0.2, -0.15) is 0 Å². The average Bonchev–Trinajstić information content (AvgIpc) is 2.82. The van der Waals surface area contributed by atoms with Gasteiger partial charge in [0.25, 0.3) is 0 Å². The summed E-state index contributed by atoms with van der Waals surface area (Å²) in [5.74, 6) is 2.11. The average molecular weight is 482 g/mol. The topological polar surface area (TPSA) is 53.6 Å². The Hall–Kier alpha value is -2.53. The van der Waals surface area contributed by atoms with Crippen molar-refractivity contribution >= 4 is 11.6 Å². The van der Waals surface area contributed by atoms with Crippen LogP contribution in [0.3, 0.4) is 0 Å². The van der Waals surface area contributed by atoms with Crippen LogP contribution in [0.2, 0.25) is 0 Å². The van der Waals surface area contributed by atoms with Crippen LogP contribution < -0.4 is 20.3 Å². The van der Waals surface area contributed by atoms with Crippen LogP contribution in [0.4, 0.5) is 5.69 Å². The maximum Gasteiger partial charge on any atom is 0.237 e. The molecule has 2 aromatic carbocycles. The van der Waals surface area contributed by atoms with Crippen LogP contribution in [0, 0.1) is 11.8 Å². The zero-order valence-electron chi connectivity index (χ0n) is 22.7. The molecule has 0 aliphatic carbocycles. The molecule has 0 saturated heterocycles. The monoisotopic (exact) mass is 481 g/mol. The van der Waals surface area contributed by atoms with Crippen molar-refractivity contribution in [2.75, 3.05) is 24.5 Å². The van der Waals surface area contributed by atoms with Crippen molar-refractivity contribution in [1.29, 1.82) is 0 Å². The molecule has 5 nitrogen and oxygen atoms in total. The lowest BCUT2D eigenvalue weighted by Crippen LogP contribution is -2.48. The van der Waals surface area contributed by atoms with E-state index in [9.17, 15) is 4.79 Å². The van der Waals surface area contributed by atoms with E-state index in [2.05, 4.69) is 93.5 Å². The van der Waals surface area contributed by atoms with Crippen LogP contribution >= 0.6 is 0 Å². The summed E-state index contributed by atoms with van der Waals surface area (Å²) in [6, 6.07) is 18.8. The number of rotatable bonds is 16. The number of nitrogens with one attached hydrogen (secondary N) is 2. The number of benzene rings is 2. The molecule has 0 fully saturated rings. The molecule has 5 heteroatoms. The highest BCUT2D eigenvalue weighted by Gasteiger charge is 2.20. The Morgan fingerprint density at radius 3 is 2.17 bits per heavy atom. The van der Waals surface area contributed by atoms with E-state index in [-0.39, 0.29) is 18.0 Å². The molecule has 0 heterocycles. The van der Waals surface area contributed by atoms with Crippen molar-refractivity contribution in [2.24, 2.45) is 11.8 Å². The molecule has 1 unspecified atom stereocenters. The van der Waals surface area contributed by atoms with Crippen molar-refractivity contribution in [3.05, 3.63) is 60.2 Å². The molecule has 2 rings (SSSR count). The fourth-order valence-corrected chi connectivity index (χ4v) is 4.01. The van der Waals surface area contributed by atoms with Gasteiger partial charge in [0.15, 0.2) is 0 Å². The van der Waals surface area contributed by atoms with E-state index in [0.717, 1.165) is 43.7 Å². The minimum atomic E-state index is -0.129. The normalized spacial score (nSPS) is 12.3. The van der Waals surface area contributed by atoms with Gasteiger partial charge < -0.3 is 20.3 Å². The number of nitrogens with zero attached hydrogens (tertiary/aromatic N) is 1. The largest absolute Gasteiger partial charge is 0.489 e. The number of anilines is 1. The summed E-state index contributed by atoms with van der Waals surface area (Å²) in [4.78, 5) is 15.2. The van der Waals surface area contributed by atoms with Gasteiger partial charge in [0.2, 0.25) is 5.91 Å². The molecule has 0 bridgehead atoms. The quantitative estimate of drug-likeness (QED) is 0.287. The first-order valence-electron chi connectivity index (χ1n) is 13.3. The second-order valence-corrected chi connectivity index (χ2v) is 10.6. The summed E-state index contributed by atoms with van der Waals surface area (Å²) in [5.41, 5.74) is 2.36. The van der Waals surface area contributed by atoms with Crippen LogP contribution in [-0.2, 0) is 11.4 Å². The first-order chi connectivity index (χ1) is 16.7. The zero-order chi connectivity index (χ0) is 25.6. The fourth-order valence-electron chi connectivity index (χ4n) is 4.01. The molecule has 1 atom stereocenters. The van der Waals surface area contributed by atoms with Gasteiger partial charge >= 0.3 is 0 Å². The zero-order valence-corrected chi connectivity index (χ0v) is 22.7. The maximum atomic E-state index is 12.7. The lowest BCUT2D eigenvalue weighted by Gasteiger charge is -2.27. The number of ether oxygens (including phenoxy) is 1. The molecule has 2 aromatic rings. The van der Waals surface area contributed by atoms with Crippen LogP contribution in [0.15, 0.2) is 54.6 Å². The molecular weight excluding hydrogens is 434 g/mol. The van der Waals surface area contributed by atoms with E-state index in [1.807, 2.05) is 18.2 Å². The standard InChI is InChI=1S/C30H47N3O2/c1-23(2)17-20-33(19-10-18-31-30(34)29(21-24(3)4)32-25(5)6)27-13-15-28(16-14-27)35-22-26-11-8-7-9-12-26/h7-9,11-16,23-25,29,32H,10,17-22H2,1-6H3,(H,31,34). The van der Waals surface area contributed by atoms with Gasteiger partial charge in [-0.1, -0.05) is 71.9 Å². The smallest absolute Gasteiger partial charge is 0.237 e. The molecule has 0 spiro atoms. The van der Waals surface area contributed by atoms with Gasteiger partial charge in [-0.25, -0.2) is 0 Å². The minimum absolute atomic E-state index is 0.112. The summed E-state index contributed by atoms with van der Waals surface area (Å²) >= 11 is 0. The van der Waals surface area contributed by atoms with Gasteiger partial charge in [0, 0.05) is 31.4 Å². The second kappa shape index (κ2) is 15.5. The number of amides is 1. The molecule has 194 valence electrons. The summed E-state index contributed by atoms with van der Waals surface area (Å²) in [6.45, 7) is 16.2. The van der Waals surface area contributed by atoms with Crippen molar-refractivity contribution < 1.29 is 9.53 Å². The Labute approximate surface area is 213 Å². The third kappa shape index (κ3) is 11.6. The molecule has 2 N–H and O–H groups in total. The lowest BCUT2D eigenvalue weighted by atomic mass is 10.0. The molecule has 1 amide bonds. The van der Waals surface area contributed by atoms with E-state index < -0.39 is 0 Å². The Morgan fingerprint density at radius 1 is 0.886 bits per heavy atom. The van der Waals surface area contributed by atoms with E-state index in [1.54, 1.807) is 0 Å². The summed E-state index contributed by atoms with van der Waals surface area (Å²) in [7, 11) is 0. The lowest BCUT2D eigenvalue weighted by molar-refractivity contribution is -0.123. The number of hydrogen-bond acceptors (Lipinski definition) is 4. The number of hydrogen-bond donors (Lipinski definition) is 2. The molecule has 0 aromatic heterocycles. The third-order valence-corrected chi connectivity index (χ3v) is 5.89. The Morgan fingerprint density at radius 2 is 1.57 bits per heavy atom. The van der Waals surface area contributed by atoms with Gasteiger partial charge in [-0.15, -0.1) is 0 Å². The van der Waals surface area contributed by atoms with Crippen molar-refractivity contribution in [3.8, 4) is 5.75 Å². The first kappa shape index (κ1) is 28.7. The van der Waals surface area contributed by atoms with Crippen molar-refractivity contribution in [2.45, 2.75) is 79.5 Å². The molecular formula is C30H47N3O2. The Bertz CT molecular complexity index is 824. The van der Waals surface area contributed by atoms with E-state index in [4.69, 9.17) is 4.74 Å². The minimum Gasteiger partial charge on any atom is -0.489 e. The molecule has 0 radical (unpaired) electrons. The first-order valence-corrected chi connectivity index (χ1v) is 13.3. The highest BCUT2D eigenvalue weighted by molar-refractivity contribution is 5.81. The highest BCUT2D eigenvalue weighted by Crippen LogP contribution is 2.21. The van der Waals surface area contributed by atoms with E-state index >= 15 is 0 Å². The fraction of sp³-hybridized carbons (Fsp3) is 0.567.